The lowest BCUT2D eigenvalue weighted by Gasteiger charge is -2.15. The van der Waals surface area contributed by atoms with E-state index in [1.807, 2.05) is 37.3 Å². The SMILES string of the molecule is CC(Nc1nc(NCc2ccccc2)nc(-c2cccc(C(F)(F)F)n2)n1)C1CC1. The van der Waals surface area contributed by atoms with Gasteiger partial charge in [-0.25, -0.2) is 4.98 Å². The van der Waals surface area contributed by atoms with Crippen LogP contribution in [0.1, 0.15) is 31.0 Å². The largest absolute Gasteiger partial charge is 0.433 e. The molecule has 156 valence electrons. The number of alkyl halides is 3. The normalized spacial score (nSPS) is 14.9. The van der Waals surface area contributed by atoms with E-state index in [1.54, 1.807) is 0 Å². The zero-order valence-electron chi connectivity index (χ0n) is 16.3. The van der Waals surface area contributed by atoms with Crippen molar-refractivity contribution in [2.24, 2.45) is 5.92 Å². The van der Waals surface area contributed by atoms with Crippen molar-refractivity contribution in [1.29, 1.82) is 0 Å². The third kappa shape index (κ3) is 5.03. The van der Waals surface area contributed by atoms with Gasteiger partial charge in [-0.05, 0) is 43.4 Å². The van der Waals surface area contributed by atoms with Gasteiger partial charge in [-0.15, -0.1) is 0 Å². The van der Waals surface area contributed by atoms with Crippen molar-refractivity contribution >= 4 is 11.9 Å². The van der Waals surface area contributed by atoms with Crippen LogP contribution in [0, 0.1) is 5.92 Å². The third-order valence-corrected chi connectivity index (χ3v) is 4.88. The van der Waals surface area contributed by atoms with Gasteiger partial charge in [0.1, 0.15) is 11.4 Å². The second kappa shape index (κ2) is 8.25. The van der Waals surface area contributed by atoms with Crippen LogP contribution in [0.4, 0.5) is 25.1 Å². The molecule has 1 aliphatic rings. The maximum atomic E-state index is 13.1. The van der Waals surface area contributed by atoms with Gasteiger partial charge >= 0.3 is 6.18 Å². The number of anilines is 2. The van der Waals surface area contributed by atoms with E-state index in [9.17, 15) is 13.2 Å². The molecule has 2 aromatic heterocycles. The van der Waals surface area contributed by atoms with Gasteiger partial charge in [0.05, 0.1) is 0 Å². The fourth-order valence-corrected chi connectivity index (χ4v) is 3.05. The topological polar surface area (TPSA) is 75.6 Å². The minimum Gasteiger partial charge on any atom is -0.351 e. The third-order valence-electron chi connectivity index (χ3n) is 4.88. The van der Waals surface area contributed by atoms with E-state index in [0.717, 1.165) is 24.5 Å². The van der Waals surface area contributed by atoms with Crippen LogP contribution >= 0.6 is 0 Å². The molecule has 0 aliphatic heterocycles. The Morgan fingerprint density at radius 2 is 1.67 bits per heavy atom. The molecule has 0 saturated heterocycles. The van der Waals surface area contributed by atoms with Crippen LogP contribution in [0.5, 0.6) is 0 Å². The highest BCUT2D eigenvalue weighted by molar-refractivity contribution is 5.54. The lowest BCUT2D eigenvalue weighted by atomic mass is 10.2. The molecule has 1 aliphatic carbocycles. The van der Waals surface area contributed by atoms with Crippen molar-refractivity contribution in [3.05, 3.63) is 59.8 Å². The minimum absolute atomic E-state index is 0.0390. The predicted octanol–water partition coefficient (Wildman–Crippen LogP) is 4.77. The molecule has 1 unspecified atom stereocenters. The Hall–Kier alpha value is -3.23. The highest BCUT2D eigenvalue weighted by atomic mass is 19.4. The Labute approximate surface area is 172 Å². The Bertz CT molecular complexity index is 1010. The molecule has 2 N–H and O–H groups in total. The molecule has 0 bridgehead atoms. The Balaban J connectivity index is 1.64. The molecule has 30 heavy (non-hydrogen) atoms. The number of rotatable bonds is 7. The van der Waals surface area contributed by atoms with Gasteiger partial charge in [-0.1, -0.05) is 36.4 Å². The summed E-state index contributed by atoms with van der Waals surface area (Å²) in [6.07, 6.45) is -2.26. The van der Waals surface area contributed by atoms with E-state index in [4.69, 9.17) is 0 Å². The van der Waals surface area contributed by atoms with Crippen molar-refractivity contribution in [3.8, 4) is 11.5 Å². The van der Waals surface area contributed by atoms with Gasteiger partial charge in [-0.3, -0.25) is 0 Å². The van der Waals surface area contributed by atoms with Gasteiger partial charge in [0.25, 0.3) is 0 Å². The van der Waals surface area contributed by atoms with Gasteiger partial charge in [0, 0.05) is 12.6 Å². The standard InChI is InChI=1S/C21H21F3N6/c1-13(15-10-11-15)26-20-29-18(16-8-5-9-17(27-16)21(22,23)24)28-19(30-20)25-12-14-6-3-2-4-7-14/h2-9,13,15H,10-12H2,1H3,(H2,25,26,28,29,30). The second-order valence-electron chi connectivity index (χ2n) is 7.32. The maximum Gasteiger partial charge on any atom is 0.433 e. The molecule has 6 nitrogen and oxygen atoms in total. The monoisotopic (exact) mass is 414 g/mol. The summed E-state index contributed by atoms with van der Waals surface area (Å²) in [6, 6.07) is 13.5. The van der Waals surface area contributed by atoms with Crippen LogP contribution < -0.4 is 10.6 Å². The van der Waals surface area contributed by atoms with Crippen LogP contribution in [-0.2, 0) is 12.7 Å². The van der Waals surface area contributed by atoms with E-state index in [0.29, 0.717) is 18.4 Å². The number of halogens is 3. The van der Waals surface area contributed by atoms with Gasteiger partial charge < -0.3 is 10.6 Å². The van der Waals surface area contributed by atoms with Gasteiger partial charge in [0.2, 0.25) is 11.9 Å². The molecule has 0 amide bonds. The summed E-state index contributed by atoms with van der Waals surface area (Å²) in [5.41, 5.74) is 0.0784. The number of pyridine rings is 1. The fraction of sp³-hybridized carbons (Fsp3) is 0.333. The van der Waals surface area contributed by atoms with Gasteiger partial charge in [0.15, 0.2) is 5.82 Å². The lowest BCUT2D eigenvalue weighted by Crippen LogP contribution is -2.20. The molecular formula is C21H21F3N6. The Kier molecular flexibility index (Phi) is 5.52. The van der Waals surface area contributed by atoms with E-state index in [2.05, 4.69) is 30.6 Å². The smallest absolute Gasteiger partial charge is 0.351 e. The minimum atomic E-state index is -4.54. The number of aromatic nitrogens is 4. The number of hydrogen-bond acceptors (Lipinski definition) is 6. The summed E-state index contributed by atoms with van der Waals surface area (Å²) in [5, 5.41) is 6.37. The van der Waals surface area contributed by atoms with Crippen LogP contribution in [0.3, 0.4) is 0 Å². The Morgan fingerprint density at radius 3 is 2.37 bits per heavy atom. The Morgan fingerprint density at radius 1 is 0.933 bits per heavy atom. The molecule has 2 heterocycles. The van der Waals surface area contributed by atoms with Crippen LogP contribution in [0.2, 0.25) is 0 Å². The summed E-state index contributed by atoms with van der Waals surface area (Å²) < 4.78 is 39.2. The quantitative estimate of drug-likeness (QED) is 0.580. The average molecular weight is 414 g/mol. The van der Waals surface area contributed by atoms with Crippen LogP contribution in [0.15, 0.2) is 48.5 Å². The zero-order chi connectivity index (χ0) is 21.1. The van der Waals surface area contributed by atoms with Crippen LogP contribution in [-0.4, -0.2) is 26.0 Å². The van der Waals surface area contributed by atoms with Crippen molar-refractivity contribution in [3.63, 3.8) is 0 Å². The first-order valence-corrected chi connectivity index (χ1v) is 9.73. The first-order chi connectivity index (χ1) is 14.4. The predicted molar refractivity (Wildman–Crippen MR) is 108 cm³/mol. The summed E-state index contributed by atoms with van der Waals surface area (Å²) in [5.74, 6) is 1.22. The van der Waals surface area contributed by atoms with Crippen molar-refractivity contribution in [2.45, 2.75) is 38.5 Å². The molecule has 9 heteroatoms. The average Bonchev–Trinajstić information content (AvgIpc) is 3.58. The number of hydrogen-bond donors (Lipinski definition) is 2. The molecule has 1 atom stereocenters. The number of nitrogens with one attached hydrogen (secondary N) is 2. The van der Waals surface area contributed by atoms with Crippen molar-refractivity contribution < 1.29 is 13.2 Å². The molecule has 0 spiro atoms. The van der Waals surface area contributed by atoms with Crippen molar-refractivity contribution in [2.75, 3.05) is 10.6 Å². The lowest BCUT2D eigenvalue weighted by molar-refractivity contribution is -0.141. The molecule has 0 radical (unpaired) electrons. The first kappa shape index (κ1) is 20.1. The summed E-state index contributed by atoms with van der Waals surface area (Å²) in [4.78, 5) is 16.7. The van der Waals surface area contributed by atoms with E-state index in [-0.39, 0.29) is 23.5 Å². The molecule has 1 fully saturated rings. The maximum absolute atomic E-state index is 13.1. The molecule has 1 saturated carbocycles. The highest BCUT2D eigenvalue weighted by Gasteiger charge is 2.33. The van der Waals surface area contributed by atoms with E-state index < -0.39 is 11.9 Å². The molecule has 3 aromatic rings. The summed E-state index contributed by atoms with van der Waals surface area (Å²) in [6.45, 7) is 2.51. The van der Waals surface area contributed by atoms with Crippen LogP contribution in [0.25, 0.3) is 11.5 Å². The van der Waals surface area contributed by atoms with Crippen molar-refractivity contribution in [1.82, 2.24) is 19.9 Å². The molecule has 1 aromatic carbocycles. The molecular weight excluding hydrogens is 393 g/mol. The van der Waals surface area contributed by atoms with Gasteiger partial charge in [-0.2, -0.15) is 28.1 Å². The highest BCUT2D eigenvalue weighted by Crippen LogP contribution is 2.34. The zero-order valence-corrected chi connectivity index (χ0v) is 16.3. The summed E-state index contributed by atoms with van der Waals surface area (Å²) >= 11 is 0. The van der Waals surface area contributed by atoms with E-state index >= 15 is 0 Å². The number of benzene rings is 1. The second-order valence-corrected chi connectivity index (χ2v) is 7.32. The number of nitrogens with zero attached hydrogens (tertiary/aromatic N) is 4. The first-order valence-electron chi connectivity index (χ1n) is 9.73. The summed E-state index contributed by atoms with van der Waals surface area (Å²) in [7, 11) is 0. The van der Waals surface area contributed by atoms with E-state index in [1.165, 1.54) is 12.1 Å². The molecule has 4 rings (SSSR count). The fourth-order valence-electron chi connectivity index (χ4n) is 3.05.